The topological polar surface area (TPSA) is 60.0 Å². The van der Waals surface area contributed by atoms with Crippen LogP contribution in [0.2, 0.25) is 0 Å². The Kier molecular flexibility index (Phi) is 11.4. The molecule has 2 fully saturated rings. The second kappa shape index (κ2) is 12.7. The largest absolute Gasteiger partial charge is 0.356 e. The molecule has 2 saturated heterocycles. The molecular weight excluding hydrogens is 429 g/mol. The monoisotopic (exact) mass is 465 g/mol. The normalized spacial score (nSPS) is 22.2. The van der Waals surface area contributed by atoms with E-state index < -0.39 is 0 Å². The van der Waals surface area contributed by atoms with E-state index in [1.165, 1.54) is 45.3 Å². The van der Waals surface area contributed by atoms with E-state index in [0.717, 1.165) is 38.4 Å². The fourth-order valence-corrected chi connectivity index (χ4v) is 3.59. The van der Waals surface area contributed by atoms with Crippen molar-refractivity contribution in [3.63, 3.8) is 0 Å². The van der Waals surface area contributed by atoms with Crippen molar-refractivity contribution < 1.29 is 4.79 Å². The average molecular weight is 465 g/mol. The molecule has 0 radical (unpaired) electrons. The van der Waals surface area contributed by atoms with Crippen LogP contribution in [0.25, 0.3) is 0 Å². The number of rotatable bonds is 6. The number of hydrogen-bond donors (Lipinski definition) is 2. The number of guanidine groups is 1. The molecule has 0 saturated carbocycles. The van der Waals surface area contributed by atoms with Gasteiger partial charge in [0.15, 0.2) is 5.96 Å². The van der Waals surface area contributed by atoms with Crippen LogP contribution in [-0.4, -0.2) is 74.0 Å². The lowest BCUT2D eigenvalue weighted by Crippen LogP contribution is -2.45. The van der Waals surface area contributed by atoms with E-state index in [0.29, 0.717) is 12.5 Å². The van der Waals surface area contributed by atoms with Crippen LogP contribution in [0, 0.1) is 0 Å². The molecule has 0 aromatic carbocycles. The zero-order valence-corrected chi connectivity index (χ0v) is 18.3. The first-order chi connectivity index (χ1) is 11.7. The van der Waals surface area contributed by atoms with Crippen molar-refractivity contribution in [1.29, 1.82) is 0 Å². The number of amides is 1. The van der Waals surface area contributed by atoms with Crippen molar-refractivity contribution in [2.75, 3.05) is 46.3 Å². The predicted octanol–water partition coefficient (Wildman–Crippen LogP) is 2.05. The van der Waals surface area contributed by atoms with Gasteiger partial charge in [-0.3, -0.25) is 9.79 Å². The minimum absolute atomic E-state index is 0. The molecule has 1 atom stereocenters. The summed E-state index contributed by atoms with van der Waals surface area (Å²) in [6.07, 6.45) is 8.23. The van der Waals surface area contributed by atoms with Crippen molar-refractivity contribution in [3.8, 4) is 0 Å². The molecule has 2 heterocycles. The summed E-state index contributed by atoms with van der Waals surface area (Å²) < 4.78 is 0. The standard InChI is InChI=1S/C18H35N5O.HI/c1-3-17(24)23-14-9-16(15-23)21-18(19-2)20-10-8-13-22-11-6-4-5-7-12-22;/h16H,3-15H2,1-2H3,(H2,19,20,21);1H. The molecule has 0 aromatic heterocycles. The van der Waals surface area contributed by atoms with Gasteiger partial charge in [0, 0.05) is 39.1 Å². The number of carbonyl (C=O) groups excluding carboxylic acids is 1. The molecular formula is C18H36IN5O. The number of nitrogens with zero attached hydrogens (tertiary/aromatic N) is 3. The van der Waals surface area contributed by atoms with Gasteiger partial charge in [0.2, 0.25) is 5.91 Å². The third kappa shape index (κ3) is 8.11. The minimum atomic E-state index is 0. The zero-order valence-electron chi connectivity index (χ0n) is 15.9. The van der Waals surface area contributed by atoms with Gasteiger partial charge in [0.05, 0.1) is 0 Å². The Hall–Kier alpha value is -0.570. The molecule has 2 aliphatic rings. The van der Waals surface area contributed by atoms with E-state index in [1.807, 2.05) is 18.9 Å². The van der Waals surface area contributed by atoms with E-state index in [2.05, 4.69) is 20.5 Å². The molecule has 2 aliphatic heterocycles. The zero-order chi connectivity index (χ0) is 17.2. The first-order valence-electron chi connectivity index (χ1n) is 9.70. The third-order valence-corrected chi connectivity index (χ3v) is 5.05. The van der Waals surface area contributed by atoms with Crippen LogP contribution >= 0.6 is 24.0 Å². The van der Waals surface area contributed by atoms with Crippen LogP contribution in [0.3, 0.4) is 0 Å². The summed E-state index contributed by atoms with van der Waals surface area (Å²) in [4.78, 5) is 20.6. The molecule has 7 heteroatoms. The highest BCUT2D eigenvalue weighted by Crippen LogP contribution is 2.11. The summed E-state index contributed by atoms with van der Waals surface area (Å²) in [6, 6.07) is 0.317. The maximum atomic E-state index is 11.7. The van der Waals surface area contributed by atoms with Gasteiger partial charge in [-0.25, -0.2) is 0 Å². The highest BCUT2D eigenvalue weighted by Gasteiger charge is 2.25. The van der Waals surface area contributed by atoms with Crippen LogP contribution in [0.5, 0.6) is 0 Å². The van der Waals surface area contributed by atoms with E-state index in [-0.39, 0.29) is 29.9 Å². The molecule has 1 unspecified atom stereocenters. The fourth-order valence-electron chi connectivity index (χ4n) is 3.59. The van der Waals surface area contributed by atoms with Crippen LogP contribution in [0.1, 0.15) is 51.9 Å². The van der Waals surface area contributed by atoms with Gasteiger partial charge in [-0.05, 0) is 45.3 Å². The Morgan fingerprint density at radius 1 is 1.16 bits per heavy atom. The van der Waals surface area contributed by atoms with Crippen molar-refractivity contribution in [2.24, 2.45) is 4.99 Å². The Morgan fingerprint density at radius 3 is 2.52 bits per heavy atom. The molecule has 146 valence electrons. The highest BCUT2D eigenvalue weighted by molar-refractivity contribution is 14.0. The molecule has 2 N–H and O–H groups in total. The molecule has 0 aromatic rings. The Balaban J connectivity index is 0.00000312. The van der Waals surface area contributed by atoms with Gasteiger partial charge in [0.25, 0.3) is 0 Å². The molecule has 0 spiro atoms. The van der Waals surface area contributed by atoms with Gasteiger partial charge in [-0.1, -0.05) is 19.8 Å². The average Bonchev–Trinajstić information content (AvgIpc) is 2.91. The van der Waals surface area contributed by atoms with Gasteiger partial charge < -0.3 is 20.4 Å². The van der Waals surface area contributed by atoms with Crippen LogP contribution in [0.4, 0.5) is 0 Å². The van der Waals surface area contributed by atoms with Gasteiger partial charge in [-0.15, -0.1) is 24.0 Å². The molecule has 2 rings (SSSR count). The first kappa shape index (κ1) is 22.5. The Bertz CT molecular complexity index is 410. The van der Waals surface area contributed by atoms with Crippen LogP contribution in [-0.2, 0) is 4.79 Å². The second-order valence-electron chi connectivity index (χ2n) is 6.93. The van der Waals surface area contributed by atoms with Gasteiger partial charge in [0.1, 0.15) is 0 Å². The number of hydrogen-bond acceptors (Lipinski definition) is 3. The van der Waals surface area contributed by atoms with Crippen molar-refractivity contribution in [3.05, 3.63) is 0 Å². The number of nitrogens with one attached hydrogen (secondary N) is 2. The Labute approximate surface area is 170 Å². The van der Waals surface area contributed by atoms with Crippen molar-refractivity contribution >= 4 is 35.8 Å². The summed E-state index contributed by atoms with van der Waals surface area (Å²) in [5, 5.41) is 6.87. The maximum Gasteiger partial charge on any atom is 0.222 e. The minimum Gasteiger partial charge on any atom is -0.356 e. The first-order valence-corrected chi connectivity index (χ1v) is 9.70. The second-order valence-corrected chi connectivity index (χ2v) is 6.93. The van der Waals surface area contributed by atoms with Crippen molar-refractivity contribution in [1.82, 2.24) is 20.4 Å². The predicted molar refractivity (Wildman–Crippen MR) is 115 cm³/mol. The molecule has 1 amide bonds. The molecule has 0 bridgehead atoms. The number of halogens is 1. The Morgan fingerprint density at radius 2 is 1.88 bits per heavy atom. The summed E-state index contributed by atoms with van der Waals surface area (Å²) in [5.41, 5.74) is 0. The molecule has 25 heavy (non-hydrogen) atoms. The summed E-state index contributed by atoms with van der Waals surface area (Å²) in [7, 11) is 1.81. The van der Waals surface area contributed by atoms with E-state index in [9.17, 15) is 4.79 Å². The summed E-state index contributed by atoms with van der Waals surface area (Å²) in [6.45, 7) is 8.21. The van der Waals surface area contributed by atoms with E-state index >= 15 is 0 Å². The third-order valence-electron chi connectivity index (χ3n) is 5.05. The van der Waals surface area contributed by atoms with Crippen molar-refractivity contribution in [2.45, 2.75) is 57.9 Å². The number of likely N-dealkylation sites (tertiary alicyclic amines) is 2. The van der Waals surface area contributed by atoms with E-state index in [1.54, 1.807) is 0 Å². The van der Waals surface area contributed by atoms with Crippen LogP contribution < -0.4 is 10.6 Å². The lowest BCUT2D eigenvalue weighted by Gasteiger charge is -2.21. The van der Waals surface area contributed by atoms with E-state index in [4.69, 9.17) is 0 Å². The number of aliphatic imine (C=N–C) groups is 1. The fraction of sp³-hybridized carbons (Fsp3) is 0.889. The quantitative estimate of drug-likeness (QED) is 0.273. The molecule has 6 nitrogen and oxygen atoms in total. The van der Waals surface area contributed by atoms with Crippen LogP contribution in [0.15, 0.2) is 4.99 Å². The summed E-state index contributed by atoms with van der Waals surface area (Å²) >= 11 is 0. The summed E-state index contributed by atoms with van der Waals surface area (Å²) in [5.74, 6) is 1.11. The lowest BCUT2D eigenvalue weighted by atomic mass is 10.2. The smallest absolute Gasteiger partial charge is 0.222 e. The SMILES string of the molecule is CCC(=O)N1CCC(NC(=NC)NCCCN2CCCCCC2)C1.I. The lowest BCUT2D eigenvalue weighted by molar-refractivity contribution is -0.129. The molecule has 0 aliphatic carbocycles. The van der Waals surface area contributed by atoms with Gasteiger partial charge >= 0.3 is 0 Å². The highest BCUT2D eigenvalue weighted by atomic mass is 127. The number of carbonyl (C=O) groups is 1. The van der Waals surface area contributed by atoms with Gasteiger partial charge in [-0.2, -0.15) is 0 Å². The maximum absolute atomic E-state index is 11.7.